The van der Waals surface area contributed by atoms with E-state index in [1.54, 1.807) is 65.6 Å². The minimum atomic E-state index is -1.22. The molecule has 22 heteroatoms. The van der Waals surface area contributed by atoms with Gasteiger partial charge in [-0.2, -0.15) is 0 Å². The number of halogens is 10. The van der Waals surface area contributed by atoms with E-state index in [0.29, 0.717) is 72.6 Å². The van der Waals surface area contributed by atoms with Gasteiger partial charge in [-0.05, 0) is 114 Å². The molecule has 0 saturated heterocycles. The van der Waals surface area contributed by atoms with Crippen LogP contribution in [0, 0.1) is 30.2 Å². The van der Waals surface area contributed by atoms with Gasteiger partial charge in [0, 0.05) is 161 Å². The third-order valence-electron chi connectivity index (χ3n) is 16.2. The Bertz CT molecular complexity index is 5240. The molecule has 0 fully saturated rings. The van der Waals surface area contributed by atoms with Crippen LogP contribution < -0.4 is 22.9 Å². The largest absolute Gasteiger partial charge is 0.326 e. The van der Waals surface area contributed by atoms with Crippen LogP contribution in [0.25, 0.3) is 101 Å². The van der Waals surface area contributed by atoms with Crippen molar-refractivity contribution in [2.75, 3.05) is 0 Å². The second-order valence-electron chi connectivity index (χ2n) is 22.3. The van der Waals surface area contributed by atoms with E-state index < -0.39 is 17.5 Å². The molecule has 12 nitrogen and oxygen atoms in total. The zero-order chi connectivity index (χ0) is 68.2. The Morgan fingerprint density at radius 3 is 1.19 bits per heavy atom. The van der Waals surface area contributed by atoms with Crippen LogP contribution in [0.15, 0.2) is 226 Å². The first-order valence-corrected chi connectivity index (χ1v) is 32.3. The summed E-state index contributed by atoms with van der Waals surface area (Å²) < 4.78 is 61.6. The standard InChI is InChI=1S/C21H17Cl2N3.C20H14Cl2FN3.C20H15Cl2N3.C14H10F3N3/c1-13-3-2-4-14(7-13)20-11-25-21-8-15(10-24)18(12-26(20)21)17-6-5-16(22)9-19(17)23;21-14-4-5-16(18(22)8-14)17-11-26-19(12-2-1-3-15(23)6-12)10-25-20(26)7-13(17)9-24;21-15-6-7-16(18(22)9-15)17-12-25-19(13-4-2-1-3-5-13)11-24-20(25)8-14(17)10-23;15-11-5-13(17)12(16)4-9(11)10-7-20-2-1-19-14(20)3-8(10)6-18/h2-9,11-12H,10,24H2,1H3;1-8,10-11H,9,24H2;1-9,11-12H,10,23H2;1-5,7H,6,18H2. The molecule has 0 radical (unpaired) electrons. The van der Waals surface area contributed by atoms with Gasteiger partial charge in [0.1, 0.15) is 34.2 Å². The third-order valence-corrected chi connectivity index (χ3v) is 17.8. The molecule has 0 unspecified atom stereocenters. The summed E-state index contributed by atoms with van der Waals surface area (Å²) in [7, 11) is 0. The van der Waals surface area contributed by atoms with E-state index in [2.05, 4.69) is 78.3 Å². The Kier molecular flexibility index (Phi) is 20.6. The lowest BCUT2D eigenvalue weighted by Crippen LogP contribution is -2.03. The topological polar surface area (TPSA) is 173 Å². The van der Waals surface area contributed by atoms with Gasteiger partial charge in [0.15, 0.2) is 11.6 Å². The molecule has 15 rings (SSSR count). The Morgan fingerprint density at radius 2 is 0.753 bits per heavy atom. The summed E-state index contributed by atoms with van der Waals surface area (Å²) >= 11 is 37.4. The Morgan fingerprint density at radius 1 is 0.351 bits per heavy atom. The lowest BCUT2D eigenvalue weighted by Gasteiger charge is -2.13. The highest BCUT2D eigenvalue weighted by Crippen LogP contribution is 2.39. The number of pyridine rings is 4. The maximum Gasteiger partial charge on any atom is 0.161 e. The minimum Gasteiger partial charge on any atom is -0.326 e. The van der Waals surface area contributed by atoms with Crippen molar-refractivity contribution in [3.63, 3.8) is 0 Å². The minimum absolute atomic E-state index is 0.0278. The molecule has 0 spiro atoms. The summed E-state index contributed by atoms with van der Waals surface area (Å²) in [4.78, 5) is 17.6. The number of benzene rings is 7. The van der Waals surface area contributed by atoms with Gasteiger partial charge < -0.3 is 27.3 Å². The molecule has 8 N–H and O–H groups in total. The highest BCUT2D eigenvalue weighted by atomic mass is 35.5. The van der Waals surface area contributed by atoms with Gasteiger partial charge in [0.05, 0.1) is 35.7 Å². The molecule has 7 aromatic carbocycles. The van der Waals surface area contributed by atoms with Gasteiger partial charge in [-0.25, -0.2) is 37.5 Å². The number of hydrogen-bond acceptors (Lipinski definition) is 8. The first-order chi connectivity index (χ1) is 46.9. The average molecular weight is 1410 g/mol. The molecule has 486 valence electrons. The second kappa shape index (κ2) is 29.5. The van der Waals surface area contributed by atoms with Crippen LogP contribution in [0.3, 0.4) is 0 Å². The van der Waals surface area contributed by atoms with Crippen LogP contribution in [0.2, 0.25) is 30.1 Å². The molecule has 0 aliphatic rings. The molecule has 0 bridgehead atoms. The van der Waals surface area contributed by atoms with Crippen molar-refractivity contribution in [2.45, 2.75) is 33.1 Å². The van der Waals surface area contributed by atoms with Crippen molar-refractivity contribution in [3.8, 4) is 78.3 Å². The molecule has 0 aliphatic heterocycles. The summed E-state index contributed by atoms with van der Waals surface area (Å²) in [5.74, 6) is -3.45. The Hall–Kier alpha value is -9.40. The maximum absolute atomic E-state index is 13.9. The van der Waals surface area contributed by atoms with Crippen molar-refractivity contribution in [1.29, 1.82) is 0 Å². The van der Waals surface area contributed by atoms with Crippen molar-refractivity contribution >= 4 is 92.2 Å². The van der Waals surface area contributed by atoms with Crippen LogP contribution in [-0.4, -0.2) is 37.5 Å². The van der Waals surface area contributed by atoms with Crippen molar-refractivity contribution < 1.29 is 17.6 Å². The number of hydrogen-bond donors (Lipinski definition) is 4. The van der Waals surface area contributed by atoms with E-state index in [1.807, 2.05) is 102 Å². The number of aryl methyl sites for hydroxylation is 1. The molecule has 8 aromatic heterocycles. The van der Waals surface area contributed by atoms with E-state index in [9.17, 15) is 17.6 Å². The van der Waals surface area contributed by atoms with E-state index in [-0.39, 0.29) is 17.9 Å². The molecule has 0 amide bonds. The first-order valence-electron chi connectivity index (χ1n) is 30.1. The molecule has 0 atom stereocenters. The summed E-state index contributed by atoms with van der Waals surface area (Å²) in [6, 6.07) is 50.3. The van der Waals surface area contributed by atoms with Crippen molar-refractivity contribution in [3.05, 3.63) is 307 Å². The van der Waals surface area contributed by atoms with E-state index >= 15 is 0 Å². The molecular formula is C75H56Cl6F4N12. The van der Waals surface area contributed by atoms with Gasteiger partial charge >= 0.3 is 0 Å². The van der Waals surface area contributed by atoms with E-state index in [1.165, 1.54) is 17.7 Å². The quantitative estimate of drug-likeness (QED) is 0.0731. The molecule has 8 heterocycles. The van der Waals surface area contributed by atoms with E-state index in [0.717, 1.165) is 107 Å². The number of imidazole rings is 4. The van der Waals surface area contributed by atoms with Crippen molar-refractivity contribution in [1.82, 2.24) is 37.5 Å². The lowest BCUT2D eigenvalue weighted by molar-refractivity contribution is 0.496. The van der Waals surface area contributed by atoms with Gasteiger partial charge in [-0.15, -0.1) is 0 Å². The molecule has 15 aromatic rings. The summed E-state index contributed by atoms with van der Waals surface area (Å²) in [5.41, 5.74) is 43.0. The summed E-state index contributed by atoms with van der Waals surface area (Å²) in [5, 5.41) is 3.52. The SMILES string of the molecule is Cc1cccc(-c2cnc3cc(CN)c(-c4ccc(Cl)cc4Cl)cn23)c1.NCc1cc2ncc(-c3cccc(F)c3)n2cc1-c1ccc(Cl)cc1Cl.NCc1cc2ncc(-c3ccccc3)n2cc1-c1ccc(Cl)cc1Cl.NCc1cc2nccn2cc1-c1cc(F)c(F)cc1F. The second-order valence-corrected chi connectivity index (χ2v) is 24.9. The molecule has 97 heavy (non-hydrogen) atoms. The van der Waals surface area contributed by atoms with Gasteiger partial charge in [-0.1, -0.05) is 154 Å². The van der Waals surface area contributed by atoms with Gasteiger partial charge in [0.25, 0.3) is 0 Å². The number of aromatic nitrogens is 8. The normalized spacial score (nSPS) is 11.2. The number of nitrogens with two attached hydrogens (primary N) is 4. The van der Waals surface area contributed by atoms with Crippen LogP contribution in [0.5, 0.6) is 0 Å². The summed E-state index contributed by atoms with van der Waals surface area (Å²) in [6.45, 7) is 3.36. The monoisotopic (exact) mass is 1410 g/mol. The van der Waals surface area contributed by atoms with Gasteiger partial charge in [0.2, 0.25) is 0 Å². The number of fused-ring (bicyclic) bond motifs is 4. The van der Waals surface area contributed by atoms with Crippen LogP contribution in [0.4, 0.5) is 17.6 Å². The average Bonchev–Trinajstić information content (AvgIpc) is 1.72. The Balaban J connectivity index is 0.000000124. The van der Waals surface area contributed by atoms with Gasteiger partial charge in [-0.3, -0.25) is 13.2 Å². The zero-order valence-electron chi connectivity index (χ0n) is 51.4. The fourth-order valence-corrected chi connectivity index (χ4v) is 12.9. The van der Waals surface area contributed by atoms with Crippen LogP contribution in [-0.2, 0) is 26.2 Å². The molecule has 0 saturated carbocycles. The highest BCUT2D eigenvalue weighted by Gasteiger charge is 2.20. The number of rotatable bonds is 11. The zero-order valence-corrected chi connectivity index (χ0v) is 55.9. The predicted octanol–water partition coefficient (Wildman–Crippen LogP) is 19.6. The van der Waals surface area contributed by atoms with Crippen LogP contribution in [0.1, 0.15) is 27.8 Å². The molecular weight excluding hydrogens is 1360 g/mol. The van der Waals surface area contributed by atoms with Crippen LogP contribution >= 0.6 is 69.6 Å². The number of nitrogens with zero attached hydrogens (tertiary/aromatic N) is 8. The maximum atomic E-state index is 13.9. The molecule has 0 aliphatic carbocycles. The smallest absolute Gasteiger partial charge is 0.161 e. The first kappa shape index (κ1) is 67.6. The van der Waals surface area contributed by atoms with E-state index in [4.69, 9.17) is 92.5 Å². The summed E-state index contributed by atoms with van der Waals surface area (Å²) in [6.07, 6.45) is 16.4. The van der Waals surface area contributed by atoms with Crippen molar-refractivity contribution in [2.24, 2.45) is 22.9 Å². The fraction of sp³-hybridized carbons (Fsp3) is 0.0667. The Labute approximate surface area is 584 Å². The highest BCUT2D eigenvalue weighted by molar-refractivity contribution is 6.37. The fourth-order valence-electron chi connectivity index (χ4n) is 11.4. The third kappa shape index (κ3) is 14.5. The lowest BCUT2D eigenvalue weighted by atomic mass is 10.0. The predicted molar refractivity (Wildman–Crippen MR) is 385 cm³/mol.